The van der Waals surface area contributed by atoms with Gasteiger partial charge >= 0.3 is 0 Å². The Bertz CT molecular complexity index is 343. The van der Waals surface area contributed by atoms with Gasteiger partial charge in [0.2, 0.25) is 5.91 Å². The predicted molar refractivity (Wildman–Crippen MR) is 82.9 cm³/mol. The van der Waals surface area contributed by atoms with E-state index in [2.05, 4.69) is 9.80 Å². The molecule has 2 heterocycles. The molecule has 21 heavy (non-hydrogen) atoms. The summed E-state index contributed by atoms with van der Waals surface area (Å²) in [5, 5.41) is 0. The van der Waals surface area contributed by atoms with E-state index in [1.807, 2.05) is 0 Å². The van der Waals surface area contributed by atoms with Crippen molar-refractivity contribution in [1.29, 1.82) is 0 Å². The van der Waals surface area contributed by atoms with Crippen molar-refractivity contribution in [3.05, 3.63) is 0 Å². The van der Waals surface area contributed by atoms with Gasteiger partial charge in [-0.2, -0.15) is 0 Å². The van der Waals surface area contributed by atoms with Crippen LogP contribution in [0.5, 0.6) is 0 Å². The summed E-state index contributed by atoms with van der Waals surface area (Å²) in [5.74, 6) is -0.406. The average Bonchev–Trinajstić information content (AvgIpc) is 2.93. The number of hydrogen-bond acceptors (Lipinski definition) is 5. The number of carbonyl (C=O) groups excluding carboxylic acids is 1. The van der Waals surface area contributed by atoms with Crippen molar-refractivity contribution in [2.75, 3.05) is 45.9 Å². The summed E-state index contributed by atoms with van der Waals surface area (Å²) in [4.78, 5) is 16.2. The van der Waals surface area contributed by atoms with Gasteiger partial charge in [0, 0.05) is 25.7 Å². The fraction of sp³-hybridized carbons (Fsp3) is 0.933. The van der Waals surface area contributed by atoms with Gasteiger partial charge in [0.25, 0.3) is 0 Å². The van der Waals surface area contributed by atoms with Crippen LogP contribution in [0, 0.1) is 0 Å². The molecule has 6 heteroatoms. The fourth-order valence-electron chi connectivity index (χ4n) is 3.21. The van der Waals surface area contributed by atoms with Crippen molar-refractivity contribution in [2.24, 2.45) is 11.5 Å². The number of unbranched alkanes of at least 4 members (excludes halogenated alkanes) is 1. The molecule has 2 rings (SSSR count). The highest BCUT2D eigenvalue weighted by Gasteiger charge is 2.29. The standard InChI is InChI=1S/C15H30N4O2/c1-15(17,14(16)20)5-2-3-6-18-7-4-13(12-18)19-8-10-21-11-9-19/h13H,2-12,17H2,1H3,(H2,16,20). The van der Waals surface area contributed by atoms with E-state index in [9.17, 15) is 4.79 Å². The van der Waals surface area contributed by atoms with Crippen LogP contribution >= 0.6 is 0 Å². The van der Waals surface area contributed by atoms with Crippen LogP contribution in [0.4, 0.5) is 0 Å². The topological polar surface area (TPSA) is 84.8 Å². The van der Waals surface area contributed by atoms with E-state index >= 15 is 0 Å². The maximum Gasteiger partial charge on any atom is 0.237 e. The largest absolute Gasteiger partial charge is 0.379 e. The molecule has 0 aromatic heterocycles. The number of nitrogens with zero attached hydrogens (tertiary/aromatic N) is 2. The summed E-state index contributed by atoms with van der Waals surface area (Å²) in [5.41, 5.74) is 10.3. The number of morpholine rings is 1. The smallest absolute Gasteiger partial charge is 0.237 e. The van der Waals surface area contributed by atoms with Gasteiger partial charge in [-0.15, -0.1) is 0 Å². The van der Waals surface area contributed by atoms with Crippen molar-refractivity contribution in [2.45, 2.75) is 44.2 Å². The molecule has 6 nitrogen and oxygen atoms in total. The maximum atomic E-state index is 11.2. The van der Waals surface area contributed by atoms with Crippen molar-refractivity contribution >= 4 is 5.91 Å². The number of primary amides is 1. The van der Waals surface area contributed by atoms with E-state index in [1.165, 1.54) is 13.0 Å². The number of ether oxygens (including phenoxy) is 1. The lowest BCUT2D eigenvalue weighted by Gasteiger charge is -2.32. The number of amides is 1. The molecule has 2 fully saturated rings. The third kappa shape index (κ3) is 4.92. The van der Waals surface area contributed by atoms with Crippen molar-refractivity contribution in [1.82, 2.24) is 9.80 Å². The first-order chi connectivity index (χ1) is 9.99. The van der Waals surface area contributed by atoms with Crippen LogP contribution in [0.2, 0.25) is 0 Å². The van der Waals surface area contributed by atoms with Gasteiger partial charge < -0.3 is 21.1 Å². The Hall–Kier alpha value is -0.690. The quantitative estimate of drug-likeness (QED) is 0.634. The highest BCUT2D eigenvalue weighted by molar-refractivity contribution is 5.83. The lowest BCUT2D eigenvalue weighted by Crippen LogP contribution is -2.49. The van der Waals surface area contributed by atoms with Gasteiger partial charge in [-0.1, -0.05) is 0 Å². The van der Waals surface area contributed by atoms with Gasteiger partial charge in [0.05, 0.1) is 18.8 Å². The van der Waals surface area contributed by atoms with Crippen molar-refractivity contribution in [3.63, 3.8) is 0 Å². The number of carbonyl (C=O) groups is 1. The molecule has 4 N–H and O–H groups in total. The summed E-state index contributed by atoms with van der Waals surface area (Å²) in [7, 11) is 0. The third-order valence-electron chi connectivity index (χ3n) is 4.79. The zero-order valence-corrected chi connectivity index (χ0v) is 13.2. The molecule has 2 unspecified atom stereocenters. The van der Waals surface area contributed by atoms with Gasteiger partial charge in [0.1, 0.15) is 0 Å². The highest BCUT2D eigenvalue weighted by Crippen LogP contribution is 2.18. The molecular weight excluding hydrogens is 268 g/mol. The molecule has 0 aliphatic carbocycles. The van der Waals surface area contributed by atoms with Crippen LogP contribution in [0.15, 0.2) is 0 Å². The van der Waals surface area contributed by atoms with Crippen LogP contribution < -0.4 is 11.5 Å². The number of nitrogens with two attached hydrogens (primary N) is 2. The average molecular weight is 298 g/mol. The monoisotopic (exact) mass is 298 g/mol. The van der Waals surface area contributed by atoms with Gasteiger partial charge in [-0.25, -0.2) is 0 Å². The Morgan fingerprint density at radius 2 is 2.00 bits per heavy atom. The molecule has 0 bridgehead atoms. The molecule has 0 aromatic carbocycles. The molecule has 2 aliphatic heterocycles. The zero-order chi connectivity index (χ0) is 15.3. The second-order valence-corrected chi connectivity index (χ2v) is 6.63. The summed E-state index contributed by atoms with van der Waals surface area (Å²) in [6.45, 7) is 9.05. The first kappa shape index (κ1) is 16.7. The SMILES string of the molecule is CC(N)(CCCCN1CCC(N2CCOCC2)C1)C(N)=O. The maximum absolute atomic E-state index is 11.2. The van der Waals surface area contributed by atoms with Crippen molar-refractivity contribution < 1.29 is 9.53 Å². The summed E-state index contributed by atoms with van der Waals surface area (Å²) in [6.07, 6.45) is 3.96. The molecule has 0 saturated carbocycles. The first-order valence-corrected chi connectivity index (χ1v) is 8.12. The van der Waals surface area contributed by atoms with Crippen LogP contribution in [0.25, 0.3) is 0 Å². The van der Waals surface area contributed by atoms with E-state index in [-0.39, 0.29) is 0 Å². The van der Waals surface area contributed by atoms with Crippen LogP contribution in [-0.4, -0.2) is 73.2 Å². The second kappa shape index (κ2) is 7.54. The minimum Gasteiger partial charge on any atom is -0.379 e. The van der Waals surface area contributed by atoms with E-state index in [0.717, 1.165) is 52.2 Å². The summed E-state index contributed by atoms with van der Waals surface area (Å²) >= 11 is 0. The van der Waals surface area contributed by atoms with Gasteiger partial charge in [0.15, 0.2) is 0 Å². The normalized spacial score (nSPS) is 27.6. The highest BCUT2D eigenvalue weighted by atomic mass is 16.5. The van der Waals surface area contributed by atoms with Gasteiger partial charge in [-0.05, 0) is 45.7 Å². The Balaban J connectivity index is 1.61. The Labute approximate surface area is 127 Å². The number of hydrogen-bond donors (Lipinski definition) is 2. The summed E-state index contributed by atoms with van der Waals surface area (Å²) in [6, 6.07) is 0.694. The van der Waals surface area contributed by atoms with E-state index < -0.39 is 11.4 Å². The van der Waals surface area contributed by atoms with Crippen molar-refractivity contribution in [3.8, 4) is 0 Å². The predicted octanol–water partition coefficient (Wildman–Crippen LogP) is -0.234. The zero-order valence-electron chi connectivity index (χ0n) is 13.2. The molecule has 122 valence electrons. The molecule has 1 amide bonds. The molecule has 2 atom stereocenters. The Kier molecular flexibility index (Phi) is 5.98. The molecule has 2 aliphatic rings. The van der Waals surface area contributed by atoms with E-state index in [0.29, 0.717) is 12.5 Å². The lowest BCUT2D eigenvalue weighted by atomic mass is 9.95. The molecule has 0 spiro atoms. The third-order valence-corrected chi connectivity index (χ3v) is 4.79. The lowest BCUT2D eigenvalue weighted by molar-refractivity contribution is -0.122. The summed E-state index contributed by atoms with van der Waals surface area (Å²) < 4.78 is 5.41. The second-order valence-electron chi connectivity index (χ2n) is 6.63. The van der Waals surface area contributed by atoms with Crippen LogP contribution in [-0.2, 0) is 9.53 Å². The van der Waals surface area contributed by atoms with E-state index in [1.54, 1.807) is 6.92 Å². The molecule has 2 saturated heterocycles. The van der Waals surface area contributed by atoms with Crippen LogP contribution in [0.1, 0.15) is 32.6 Å². The fourth-order valence-corrected chi connectivity index (χ4v) is 3.21. The minimum absolute atomic E-state index is 0.406. The molecule has 0 radical (unpaired) electrons. The number of rotatable bonds is 7. The Morgan fingerprint density at radius 3 is 2.67 bits per heavy atom. The Morgan fingerprint density at radius 1 is 1.29 bits per heavy atom. The number of likely N-dealkylation sites (tertiary alicyclic amines) is 1. The van der Waals surface area contributed by atoms with Gasteiger partial charge in [-0.3, -0.25) is 9.69 Å². The minimum atomic E-state index is -0.860. The van der Waals surface area contributed by atoms with Crippen LogP contribution in [0.3, 0.4) is 0 Å². The van der Waals surface area contributed by atoms with E-state index in [4.69, 9.17) is 16.2 Å². The molecular formula is C15H30N4O2. The molecule has 0 aromatic rings. The first-order valence-electron chi connectivity index (χ1n) is 8.12.